The molecule has 0 aromatic heterocycles. The highest BCUT2D eigenvalue weighted by Crippen LogP contribution is 2.08. The lowest BCUT2D eigenvalue weighted by molar-refractivity contribution is 0.0904. The summed E-state index contributed by atoms with van der Waals surface area (Å²) in [4.78, 5) is 4.57. The van der Waals surface area contributed by atoms with Crippen molar-refractivity contribution in [1.29, 1.82) is 0 Å². The highest BCUT2D eigenvalue weighted by molar-refractivity contribution is 5.80. The average Bonchev–Trinajstić information content (AvgIpc) is 2.30. The molecule has 1 rings (SSSR count). The van der Waals surface area contributed by atoms with Crippen molar-refractivity contribution in [3.8, 4) is 0 Å². The van der Waals surface area contributed by atoms with Gasteiger partial charge >= 0.3 is 0 Å². The lowest BCUT2D eigenvalue weighted by atomic mass is 10.1. The van der Waals surface area contributed by atoms with Crippen molar-refractivity contribution in [2.45, 2.75) is 19.4 Å². The fourth-order valence-corrected chi connectivity index (χ4v) is 2.04. The van der Waals surface area contributed by atoms with E-state index in [1.807, 2.05) is 0 Å². The van der Waals surface area contributed by atoms with Crippen LogP contribution in [0.2, 0.25) is 0 Å². The molecule has 0 amide bonds. The number of aliphatic hydroxyl groups excluding tert-OH is 1. The Hall–Kier alpha value is -0.850. The summed E-state index contributed by atoms with van der Waals surface area (Å²) < 4.78 is 0. The Bertz CT molecular complexity index is 227. The van der Waals surface area contributed by atoms with Crippen molar-refractivity contribution in [2.24, 2.45) is 10.9 Å². The first kappa shape index (κ1) is 13.2. The summed E-state index contributed by atoms with van der Waals surface area (Å²) in [7, 11) is 0. The van der Waals surface area contributed by atoms with Gasteiger partial charge in [0.05, 0.1) is 6.61 Å². The molecule has 0 aromatic carbocycles. The maximum Gasteiger partial charge on any atom is 0.140 e. The standard InChI is InChI=1S/C10H22N4O2/c1-9(8-10(11)12-16)14-4-2-13(3-5-14)6-7-15/h9,15-16H,2-8H2,1H3,(H2,11,12). The number of piperazine rings is 1. The second-order valence-electron chi connectivity index (χ2n) is 4.25. The third-order valence-corrected chi connectivity index (χ3v) is 3.08. The van der Waals surface area contributed by atoms with Crippen molar-refractivity contribution in [3.05, 3.63) is 0 Å². The Balaban J connectivity index is 2.30. The number of amidine groups is 1. The number of aliphatic hydroxyl groups is 1. The SMILES string of the molecule is CC(CC(N)=NO)N1CCN(CCO)CC1. The van der Waals surface area contributed by atoms with E-state index < -0.39 is 0 Å². The minimum atomic E-state index is 0.222. The molecule has 1 saturated heterocycles. The van der Waals surface area contributed by atoms with Crippen LogP contribution < -0.4 is 5.73 Å². The van der Waals surface area contributed by atoms with Crippen LogP contribution in [0.25, 0.3) is 0 Å². The molecular weight excluding hydrogens is 208 g/mol. The van der Waals surface area contributed by atoms with E-state index in [4.69, 9.17) is 16.0 Å². The maximum absolute atomic E-state index is 8.83. The minimum Gasteiger partial charge on any atom is -0.409 e. The Kier molecular flexibility index (Phi) is 5.51. The van der Waals surface area contributed by atoms with Gasteiger partial charge < -0.3 is 16.0 Å². The summed E-state index contributed by atoms with van der Waals surface area (Å²) in [6.45, 7) is 6.95. The largest absolute Gasteiger partial charge is 0.409 e. The normalized spacial score (nSPS) is 22.2. The molecule has 16 heavy (non-hydrogen) atoms. The molecule has 6 heteroatoms. The van der Waals surface area contributed by atoms with Gasteiger partial charge in [-0.1, -0.05) is 5.16 Å². The molecule has 0 aliphatic carbocycles. The molecule has 0 bridgehead atoms. The van der Waals surface area contributed by atoms with Gasteiger partial charge in [-0.25, -0.2) is 0 Å². The number of nitrogens with two attached hydrogens (primary N) is 1. The van der Waals surface area contributed by atoms with Crippen LogP contribution in [0.15, 0.2) is 5.16 Å². The van der Waals surface area contributed by atoms with Gasteiger partial charge in [0, 0.05) is 45.2 Å². The molecule has 6 nitrogen and oxygen atoms in total. The van der Waals surface area contributed by atoms with Gasteiger partial charge in [-0.3, -0.25) is 9.80 Å². The highest BCUT2D eigenvalue weighted by atomic mass is 16.4. The van der Waals surface area contributed by atoms with Crippen molar-refractivity contribution in [3.63, 3.8) is 0 Å². The number of oxime groups is 1. The van der Waals surface area contributed by atoms with E-state index >= 15 is 0 Å². The summed E-state index contributed by atoms with van der Waals surface area (Å²) in [5.74, 6) is 0.283. The van der Waals surface area contributed by atoms with Gasteiger partial charge in [0.25, 0.3) is 0 Å². The van der Waals surface area contributed by atoms with Gasteiger partial charge in [0.1, 0.15) is 5.84 Å². The Morgan fingerprint density at radius 3 is 2.50 bits per heavy atom. The van der Waals surface area contributed by atoms with E-state index in [-0.39, 0.29) is 12.4 Å². The van der Waals surface area contributed by atoms with Gasteiger partial charge in [-0.05, 0) is 6.92 Å². The van der Waals surface area contributed by atoms with Gasteiger partial charge in [0.15, 0.2) is 0 Å². The molecule has 4 N–H and O–H groups in total. The van der Waals surface area contributed by atoms with E-state index in [1.54, 1.807) is 0 Å². The highest BCUT2D eigenvalue weighted by Gasteiger charge is 2.21. The lowest BCUT2D eigenvalue weighted by Gasteiger charge is -2.37. The zero-order valence-electron chi connectivity index (χ0n) is 9.84. The Morgan fingerprint density at radius 2 is 2.00 bits per heavy atom. The number of nitrogens with zero attached hydrogens (tertiary/aromatic N) is 3. The third kappa shape index (κ3) is 3.96. The fraction of sp³-hybridized carbons (Fsp3) is 0.900. The molecule has 0 radical (unpaired) electrons. The summed E-state index contributed by atoms with van der Waals surface area (Å²) >= 11 is 0. The van der Waals surface area contributed by atoms with Crippen LogP contribution in [0.1, 0.15) is 13.3 Å². The van der Waals surface area contributed by atoms with E-state index in [9.17, 15) is 0 Å². The van der Waals surface area contributed by atoms with Crippen molar-refractivity contribution in [1.82, 2.24) is 9.80 Å². The van der Waals surface area contributed by atoms with Crippen LogP contribution in [0.5, 0.6) is 0 Å². The summed E-state index contributed by atoms with van der Waals surface area (Å²) in [5.41, 5.74) is 5.49. The van der Waals surface area contributed by atoms with E-state index in [1.165, 1.54) is 0 Å². The minimum absolute atomic E-state index is 0.222. The van der Waals surface area contributed by atoms with Crippen LogP contribution in [0, 0.1) is 0 Å². The number of rotatable bonds is 5. The van der Waals surface area contributed by atoms with E-state index in [0.29, 0.717) is 12.5 Å². The topological polar surface area (TPSA) is 85.3 Å². The van der Waals surface area contributed by atoms with Crippen molar-refractivity contribution >= 4 is 5.84 Å². The number of β-amino-alcohol motifs (C(OH)–C–C–N with tert-alkyl or cyclic N) is 1. The molecule has 1 aliphatic heterocycles. The van der Waals surface area contributed by atoms with Crippen LogP contribution >= 0.6 is 0 Å². The van der Waals surface area contributed by atoms with E-state index in [2.05, 4.69) is 21.9 Å². The predicted octanol–water partition coefficient (Wildman–Crippen LogP) is -0.879. The Labute approximate surface area is 96.3 Å². The molecular formula is C10H22N4O2. The van der Waals surface area contributed by atoms with E-state index in [0.717, 1.165) is 32.7 Å². The quantitative estimate of drug-likeness (QED) is 0.247. The number of hydrogen-bond donors (Lipinski definition) is 3. The fourth-order valence-electron chi connectivity index (χ4n) is 2.04. The van der Waals surface area contributed by atoms with Crippen LogP contribution in [0.3, 0.4) is 0 Å². The summed E-state index contributed by atoms with van der Waals surface area (Å²) in [6, 6.07) is 0.298. The second kappa shape index (κ2) is 6.67. The molecule has 1 heterocycles. The average molecular weight is 230 g/mol. The third-order valence-electron chi connectivity index (χ3n) is 3.08. The molecule has 1 unspecified atom stereocenters. The molecule has 1 aliphatic rings. The molecule has 94 valence electrons. The summed E-state index contributed by atoms with van der Waals surface area (Å²) in [6.07, 6.45) is 0.594. The zero-order chi connectivity index (χ0) is 12.0. The smallest absolute Gasteiger partial charge is 0.140 e. The zero-order valence-corrected chi connectivity index (χ0v) is 9.84. The molecule has 1 fully saturated rings. The summed E-state index contributed by atoms with van der Waals surface area (Å²) in [5, 5.41) is 20.3. The van der Waals surface area contributed by atoms with Crippen molar-refractivity contribution in [2.75, 3.05) is 39.3 Å². The van der Waals surface area contributed by atoms with Crippen molar-refractivity contribution < 1.29 is 10.3 Å². The maximum atomic E-state index is 8.83. The predicted molar refractivity (Wildman–Crippen MR) is 62.6 cm³/mol. The molecule has 0 spiro atoms. The van der Waals surface area contributed by atoms with Crippen LogP contribution in [-0.2, 0) is 0 Å². The molecule has 1 atom stereocenters. The van der Waals surface area contributed by atoms with Crippen LogP contribution in [-0.4, -0.2) is 71.3 Å². The van der Waals surface area contributed by atoms with Crippen LogP contribution in [0.4, 0.5) is 0 Å². The first-order chi connectivity index (χ1) is 7.67. The first-order valence-corrected chi connectivity index (χ1v) is 5.71. The van der Waals surface area contributed by atoms with Gasteiger partial charge in [-0.2, -0.15) is 0 Å². The lowest BCUT2D eigenvalue weighted by Crippen LogP contribution is -2.50. The molecule has 0 saturated carbocycles. The second-order valence-corrected chi connectivity index (χ2v) is 4.25. The van der Waals surface area contributed by atoms with Gasteiger partial charge in [0.2, 0.25) is 0 Å². The number of hydrogen-bond acceptors (Lipinski definition) is 5. The first-order valence-electron chi connectivity index (χ1n) is 5.71. The molecule has 0 aromatic rings. The van der Waals surface area contributed by atoms with Gasteiger partial charge in [-0.15, -0.1) is 0 Å². The Morgan fingerprint density at radius 1 is 1.38 bits per heavy atom. The monoisotopic (exact) mass is 230 g/mol.